The van der Waals surface area contributed by atoms with Crippen LogP contribution in [0.1, 0.15) is 21.5 Å². The largest absolute Gasteiger partial charge is 0.289 e. The smallest absolute Gasteiger partial charge is 0.193 e. The number of hydrogen-bond donors (Lipinski definition) is 0. The van der Waals surface area contributed by atoms with E-state index in [1.54, 1.807) is 0 Å². The van der Waals surface area contributed by atoms with Gasteiger partial charge in [0.15, 0.2) is 5.78 Å². The first-order chi connectivity index (χ1) is 9.66. The van der Waals surface area contributed by atoms with Crippen LogP contribution in [0.2, 0.25) is 0 Å². The molecule has 0 atom stereocenters. The molecule has 0 radical (unpaired) electrons. The van der Waals surface area contributed by atoms with Gasteiger partial charge in [0.05, 0.1) is 0 Å². The highest BCUT2D eigenvalue weighted by molar-refractivity contribution is 9.10. The Kier molecular flexibility index (Phi) is 3.41. The van der Waals surface area contributed by atoms with Crippen molar-refractivity contribution in [2.24, 2.45) is 0 Å². The number of halogens is 1. The van der Waals surface area contributed by atoms with Crippen molar-refractivity contribution in [3.8, 4) is 11.1 Å². The maximum Gasteiger partial charge on any atom is 0.193 e. The second-order valence-corrected chi connectivity index (χ2v) is 5.73. The lowest BCUT2D eigenvalue weighted by Gasteiger charge is -2.02. The summed E-state index contributed by atoms with van der Waals surface area (Å²) in [5.41, 5.74) is 4.75. The predicted molar refractivity (Wildman–Crippen MR) is 85.4 cm³/mol. The van der Waals surface area contributed by atoms with Gasteiger partial charge in [0, 0.05) is 15.6 Å². The SMILES string of the molecule is Cc1cc(C(=O)c2cccc(Br)c2)c2cccccc1-2. The van der Waals surface area contributed by atoms with Crippen molar-refractivity contribution >= 4 is 21.7 Å². The fourth-order valence-electron chi connectivity index (χ4n) is 2.47. The number of ketones is 1. The van der Waals surface area contributed by atoms with Crippen molar-refractivity contribution < 1.29 is 4.79 Å². The molecule has 0 heterocycles. The van der Waals surface area contributed by atoms with Crippen LogP contribution in [0.5, 0.6) is 0 Å². The van der Waals surface area contributed by atoms with Gasteiger partial charge in [0.25, 0.3) is 0 Å². The van der Waals surface area contributed by atoms with Gasteiger partial charge in [-0.3, -0.25) is 4.79 Å². The molecule has 0 fully saturated rings. The molecule has 0 saturated carbocycles. The number of fused-ring (bicyclic) bond motifs is 1. The monoisotopic (exact) mass is 324 g/mol. The fraction of sp³-hybridized carbons (Fsp3) is 0.0556. The van der Waals surface area contributed by atoms with Crippen LogP contribution in [-0.4, -0.2) is 5.78 Å². The number of carbonyl (C=O) groups excluding carboxylic acids is 1. The Bertz CT molecular complexity index is 761. The van der Waals surface area contributed by atoms with Crippen LogP contribution in [0, 0.1) is 6.92 Å². The molecule has 0 N–H and O–H groups in total. The molecule has 2 aliphatic rings. The zero-order valence-electron chi connectivity index (χ0n) is 11.1. The third kappa shape index (κ3) is 2.27. The molecule has 1 nitrogen and oxygen atoms in total. The van der Waals surface area contributed by atoms with Crippen LogP contribution < -0.4 is 0 Å². The predicted octanol–water partition coefficient (Wildman–Crippen LogP) is 5.09. The van der Waals surface area contributed by atoms with Crippen molar-refractivity contribution in [2.45, 2.75) is 6.92 Å². The molecular weight excluding hydrogens is 312 g/mol. The highest BCUT2D eigenvalue weighted by Gasteiger charge is 2.19. The zero-order valence-corrected chi connectivity index (χ0v) is 12.6. The number of carbonyl (C=O) groups is 1. The van der Waals surface area contributed by atoms with E-state index in [2.05, 4.69) is 22.0 Å². The van der Waals surface area contributed by atoms with Gasteiger partial charge in [-0.1, -0.05) is 58.4 Å². The van der Waals surface area contributed by atoms with Crippen molar-refractivity contribution in [1.82, 2.24) is 0 Å². The Hall–Kier alpha value is -1.93. The third-order valence-corrected chi connectivity index (χ3v) is 3.94. The molecule has 0 unspecified atom stereocenters. The lowest BCUT2D eigenvalue weighted by Crippen LogP contribution is -2.00. The molecule has 2 aliphatic carbocycles. The molecule has 3 rings (SSSR count). The van der Waals surface area contributed by atoms with Crippen molar-refractivity contribution in [2.75, 3.05) is 0 Å². The Morgan fingerprint density at radius 1 is 0.900 bits per heavy atom. The van der Waals surface area contributed by atoms with E-state index in [0.717, 1.165) is 26.7 Å². The molecule has 0 bridgehead atoms. The fourth-order valence-corrected chi connectivity index (χ4v) is 2.87. The summed E-state index contributed by atoms with van der Waals surface area (Å²) in [6.07, 6.45) is 0. The summed E-state index contributed by atoms with van der Waals surface area (Å²) < 4.78 is 0.918. The molecule has 20 heavy (non-hydrogen) atoms. The van der Waals surface area contributed by atoms with Gasteiger partial charge in [-0.2, -0.15) is 0 Å². The summed E-state index contributed by atoms with van der Waals surface area (Å²) >= 11 is 3.41. The van der Waals surface area contributed by atoms with E-state index in [9.17, 15) is 4.79 Å². The Labute approximate surface area is 126 Å². The first-order valence-electron chi connectivity index (χ1n) is 6.45. The molecule has 0 aliphatic heterocycles. The molecular formula is C18H13BrO. The number of benzene rings is 1. The third-order valence-electron chi connectivity index (χ3n) is 3.45. The van der Waals surface area contributed by atoms with E-state index in [4.69, 9.17) is 0 Å². The van der Waals surface area contributed by atoms with Crippen molar-refractivity contribution in [1.29, 1.82) is 0 Å². The summed E-state index contributed by atoms with van der Waals surface area (Å²) in [6, 6.07) is 19.5. The van der Waals surface area contributed by atoms with Crippen LogP contribution in [0.15, 0.2) is 65.1 Å². The number of rotatable bonds is 2. The van der Waals surface area contributed by atoms with Crippen LogP contribution in [0.4, 0.5) is 0 Å². The second-order valence-electron chi connectivity index (χ2n) is 4.82. The van der Waals surface area contributed by atoms with E-state index < -0.39 is 0 Å². The molecule has 0 saturated heterocycles. The summed E-state index contributed by atoms with van der Waals surface area (Å²) in [5, 5.41) is 0. The lowest BCUT2D eigenvalue weighted by atomic mass is 10.0. The van der Waals surface area contributed by atoms with Gasteiger partial charge >= 0.3 is 0 Å². The first kappa shape index (κ1) is 13.1. The van der Waals surface area contributed by atoms with Crippen LogP contribution in [-0.2, 0) is 0 Å². The average molecular weight is 325 g/mol. The minimum absolute atomic E-state index is 0.0654. The maximum absolute atomic E-state index is 12.7. The normalized spacial score (nSPS) is 10.7. The van der Waals surface area contributed by atoms with Crippen molar-refractivity contribution in [3.63, 3.8) is 0 Å². The topological polar surface area (TPSA) is 17.1 Å². The summed E-state index contributed by atoms with van der Waals surface area (Å²) in [4.78, 5) is 12.7. The standard InChI is InChI=1S/C18H13BrO/c1-12-10-17(16-9-4-2-3-8-15(12)16)18(20)13-6-5-7-14(19)11-13/h2-11H,1H3. The summed E-state index contributed by atoms with van der Waals surface area (Å²) in [5.74, 6) is 0.0654. The quantitative estimate of drug-likeness (QED) is 0.600. The highest BCUT2D eigenvalue weighted by Crippen LogP contribution is 2.32. The Balaban J connectivity index is 2.15. The van der Waals surface area contributed by atoms with Crippen LogP contribution in [0.25, 0.3) is 11.1 Å². The van der Waals surface area contributed by atoms with Gasteiger partial charge in [-0.15, -0.1) is 0 Å². The molecule has 1 aromatic rings. The van der Waals surface area contributed by atoms with E-state index in [1.165, 1.54) is 0 Å². The maximum atomic E-state index is 12.7. The molecule has 0 amide bonds. The molecule has 0 aromatic heterocycles. The highest BCUT2D eigenvalue weighted by atomic mass is 79.9. The van der Waals surface area contributed by atoms with E-state index >= 15 is 0 Å². The van der Waals surface area contributed by atoms with Crippen LogP contribution >= 0.6 is 15.9 Å². The molecule has 1 aromatic carbocycles. The van der Waals surface area contributed by atoms with Crippen LogP contribution in [0.3, 0.4) is 0 Å². The van der Waals surface area contributed by atoms with Crippen molar-refractivity contribution in [3.05, 3.63) is 81.8 Å². The Morgan fingerprint density at radius 3 is 2.40 bits per heavy atom. The van der Waals surface area contributed by atoms with Gasteiger partial charge in [0.1, 0.15) is 0 Å². The Morgan fingerprint density at radius 2 is 1.65 bits per heavy atom. The first-order valence-corrected chi connectivity index (χ1v) is 7.25. The average Bonchev–Trinajstić information content (AvgIpc) is 2.64. The molecule has 0 spiro atoms. The van der Waals surface area contributed by atoms with Gasteiger partial charge in [-0.05, 0) is 41.8 Å². The summed E-state index contributed by atoms with van der Waals surface area (Å²) in [6.45, 7) is 2.04. The van der Waals surface area contributed by atoms with Gasteiger partial charge in [-0.25, -0.2) is 0 Å². The second kappa shape index (κ2) is 5.22. The number of hydrogen-bond acceptors (Lipinski definition) is 1. The van der Waals surface area contributed by atoms with E-state index in [-0.39, 0.29) is 5.78 Å². The molecule has 2 heteroatoms. The minimum Gasteiger partial charge on any atom is -0.289 e. The summed E-state index contributed by atoms with van der Waals surface area (Å²) in [7, 11) is 0. The van der Waals surface area contributed by atoms with Gasteiger partial charge in [0.2, 0.25) is 0 Å². The van der Waals surface area contributed by atoms with E-state index in [0.29, 0.717) is 5.56 Å². The number of aryl methyl sites for hydroxylation is 1. The van der Waals surface area contributed by atoms with E-state index in [1.807, 2.05) is 61.5 Å². The minimum atomic E-state index is 0.0654. The lowest BCUT2D eigenvalue weighted by molar-refractivity contribution is 0.103. The van der Waals surface area contributed by atoms with Gasteiger partial charge < -0.3 is 0 Å². The zero-order chi connectivity index (χ0) is 14.1. The molecule has 98 valence electrons.